The Bertz CT molecular complexity index is 954. The zero-order valence-corrected chi connectivity index (χ0v) is 16.2. The molecule has 0 fully saturated rings. The van der Waals surface area contributed by atoms with Gasteiger partial charge in [0.1, 0.15) is 0 Å². The summed E-state index contributed by atoms with van der Waals surface area (Å²) in [6, 6.07) is 14.9. The van der Waals surface area contributed by atoms with Crippen LogP contribution in [0.3, 0.4) is 0 Å². The summed E-state index contributed by atoms with van der Waals surface area (Å²) in [5.74, 6) is -0.310. The molecule has 0 saturated heterocycles. The minimum absolute atomic E-state index is 0.0274. The molecule has 0 aliphatic carbocycles. The van der Waals surface area contributed by atoms with Gasteiger partial charge in [-0.3, -0.25) is 14.9 Å². The highest BCUT2D eigenvalue weighted by atomic mass is 35.5. The van der Waals surface area contributed by atoms with Crippen molar-refractivity contribution in [2.24, 2.45) is 0 Å². The lowest BCUT2D eigenvalue weighted by atomic mass is 10.1. The van der Waals surface area contributed by atoms with Crippen molar-refractivity contribution in [2.45, 2.75) is 13.3 Å². The van der Waals surface area contributed by atoms with Gasteiger partial charge in [0.25, 0.3) is 5.91 Å². The van der Waals surface area contributed by atoms with Crippen molar-refractivity contribution < 1.29 is 9.59 Å². The lowest BCUT2D eigenvalue weighted by Gasteiger charge is -2.04. The van der Waals surface area contributed by atoms with Crippen LogP contribution in [0.4, 0.5) is 5.13 Å². The lowest BCUT2D eigenvalue weighted by Crippen LogP contribution is -2.22. The number of benzene rings is 2. The molecule has 0 atom stereocenters. The Morgan fingerprint density at radius 2 is 1.85 bits per heavy atom. The zero-order chi connectivity index (χ0) is 19.2. The predicted molar refractivity (Wildman–Crippen MR) is 109 cm³/mol. The van der Waals surface area contributed by atoms with Gasteiger partial charge in [-0.25, -0.2) is 4.98 Å². The molecule has 27 heavy (non-hydrogen) atoms. The summed E-state index contributed by atoms with van der Waals surface area (Å²) in [6.45, 7) is 2.12. The number of nitrogens with one attached hydrogen (secondary N) is 2. The van der Waals surface area contributed by atoms with Crippen molar-refractivity contribution in [1.82, 2.24) is 10.3 Å². The topological polar surface area (TPSA) is 71.1 Å². The number of thiazole rings is 1. The molecule has 0 aliphatic heterocycles. The van der Waals surface area contributed by atoms with Crippen molar-refractivity contribution >= 4 is 39.9 Å². The van der Waals surface area contributed by atoms with Gasteiger partial charge < -0.3 is 5.32 Å². The maximum Gasteiger partial charge on any atom is 0.258 e. The molecule has 1 heterocycles. The van der Waals surface area contributed by atoms with Gasteiger partial charge in [0.05, 0.1) is 16.3 Å². The van der Waals surface area contributed by atoms with Gasteiger partial charge in [0.15, 0.2) is 5.13 Å². The third kappa shape index (κ3) is 5.15. The molecule has 0 aliphatic rings. The van der Waals surface area contributed by atoms with Crippen molar-refractivity contribution in [3.63, 3.8) is 0 Å². The normalized spacial score (nSPS) is 10.4. The van der Waals surface area contributed by atoms with Crippen LogP contribution in [-0.4, -0.2) is 23.3 Å². The molecule has 3 rings (SSSR count). The minimum atomic E-state index is -0.283. The summed E-state index contributed by atoms with van der Waals surface area (Å²) in [4.78, 5) is 27.7. The first-order chi connectivity index (χ1) is 13.0. The summed E-state index contributed by atoms with van der Waals surface area (Å²) < 4.78 is 0. The van der Waals surface area contributed by atoms with Gasteiger partial charge in [-0.2, -0.15) is 0 Å². The van der Waals surface area contributed by atoms with E-state index in [4.69, 9.17) is 11.6 Å². The van der Waals surface area contributed by atoms with Crippen LogP contribution in [-0.2, 0) is 11.2 Å². The quantitative estimate of drug-likeness (QED) is 0.645. The van der Waals surface area contributed by atoms with Crippen LogP contribution < -0.4 is 10.6 Å². The number of carbonyl (C=O) groups excluding carboxylic acids is 2. The molecule has 5 nitrogen and oxygen atoms in total. The predicted octanol–water partition coefficient (Wildman–Crippen LogP) is 4.39. The van der Waals surface area contributed by atoms with Crippen LogP contribution in [0.1, 0.15) is 22.8 Å². The third-order valence-corrected chi connectivity index (χ3v) is 4.97. The largest absolute Gasteiger partial charge is 0.356 e. The smallest absolute Gasteiger partial charge is 0.258 e. The van der Waals surface area contributed by atoms with Crippen LogP contribution >= 0.6 is 22.9 Å². The number of halogens is 1. The molecule has 0 radical (unpaired) electrons. The zero-order valence-electron chi connectivity index (χ0n) is 14.7. The van der Waals surface area contributed by atoms with E-state index in [-0.39, 0.29) is 11.8 Å². The number of nitrogens with zero attached hydrogens (tertiary/aromatic N) is 1. The van der Waals surface area contributed by atoms with Gasteiger partial charge >= 0.3 is 0 Å². The van der Waals surface area contributed by atoms with Crippen LogP contribution in [0, 0.1) is 0 Å². The third-order valence-electron chi connectivity index (χ3n) is 3.88. The SMILES string of the molecule is CC(=O)NCCc1ccc(-c2csc(NC(=O)c3ccccc3Cl)n2)cc1. The van der Waals surface area contributed by atoms with Crippen LogP contribution in [0.2, 0.25) is 5.02 Å². The fraction of sp³-hybridized carbons (Fsp3) is 0.150. The second-order valence-corrected chi connectivity index (χ2v) is 7.17. The number of hydrogen-bond acceptors (Lipinski definition) is 4. The minimum Gasteiger partial charge on any atom is -0.356 e. The molecular weight excluding hydrogens is 382 g/mol. The standard InChI is InChI=1S/C20H18ClN3O2S/c1-13(25)22-11-10-14-6-8-15(9-7-14)18-12-27-20(23-18)24-19(26)16-4-2-3-5-17(16)21/h2-9,12H,10-11H2,1H3,(H,22,25)(H,23,24,26). The van der Waals surface area contributed by atoms with Gasteiger partial charge in [0.2, 0.25) is 5.91 Å². The summed E-state index contributed by atoms with van der Waals surface area (Å²) in [6.07, 6.45) is 0.774. The summed E-state index contributed by atoms with van der Waals surface area (Å²) >= 11 is 7.41. The maximum absolute atomic E-state index is 12.3. The van der Waals surface area contributed by atoms with Gasteiger partial charge in [-0.05, 0) is 24.1 Å². The molecule has 2 N–H and O–H groups in total. The van der Waals surface area contributed by atoms with Crippen LogP contribution in [0.25, 0.3) is 11.3 Å². The first kappa shape index (κ1) is 19.1. The molecule has 0 bridgehead atoms. The molecule has 2 amide bonds. The molecular formula is C20H18ClN3O2S. The first-order valence-electron chi connectivity index (χ1n) is 8.38. The second kappa shape index (κ2) is 8.79. The Morgan fingerprint density at radius 1 is 1.11 bits per heavy atom. The van der Waals surface area contributed by atoms with Gasteiger partial charge in [-0.15, -0.1) is 11.3 Å². The fourth-order valence-corrected chi connectivity index (χ4v) is 3.43. The van der Waals surface area contributed by atoms with E-state index in [1.54, 1.807) is 24.3 Å². The second-order valence-electron chi connectivity index (χ2n) is 5.90. The Morgan fingerprint density at radius 3 is 2.56 bits per heavy atom. The van der Waals surface area contributed by atoms with Crippen LogP contribution in [0.5, 0.6) is 0 Å². The molecule has 2 aromatic carbocycles. The first-order valence-corrected chi connectivity index (χ1v) is 9.64. The average molecular weight is 400 g/mol. The summed E-state index contributed by atoms with van der Waals surface area (Å²) in [7, 11) is 0. The van der Waals surface area contributed by atoms with E-state index >= 15 is 0 Å². The maximum atomic E-state index is 12.3. The van der Waals surface area contributed by atoms with E-state index in [0.29, 0.717) is 22.3 Å². The Labute approximate surface area is 166 Å². The number of aromatic nitrogens is 1. The van der Waals surface area contributed by atoms with Gasteiger partial charge in [-0.1, -0.05) is 48.0 Å². The Balaban J connectivity index is 1.64. The number of amides is 2. The van der Waals surface area contributed by atoms with Crippen molar-refractivity contribution in [3.8, 4) is 11.3 Å². The molecule has 138 valence electrons. The molecule has 0 spiro atoms. The highest BCUT2D eigenvalue weighted by Gasteiger charge is 2.12. The average Bonchev–Trinajstić information content (AvgIpc) is 3.11. The summed E-state index contributed by atoms with van der Waals surface area (Å²) in [5.41, 5.74) is 3.31. The van der Waals surface area contributed by atoms with Crippen molar-refractivity contribution in [3.05, 3.63) is 70.1 Å². The Kier molecular flexibility index (Phi) is 6.21. The molecule has 0 unspecified atom stereocenters. The van der Waals surface area contributed by atoms with E-state index in [1.165, 1.54) is 18.3 Å². The van der Waals surface area contributed by atoms with E-state index < -0.39 is 0 Å². The van der Waals surface area contributed by atoms with Crippen LogP contribution in [0.15, 0.2) is 53.9 Å². The number of rotatable bonds is 6. The van der Waals surface area contributed by atoms with Crippen molar-refractivity contribution in [1.29, 1.82) is 0 Å². The number of anilines is 1. The number of hydrogen-bond donors (Lipinski definition) is 2. The molecule has 0 saturated carbocycles. The monoisotopic (exact) mass is 399 g/mol. The van der Waals surface area contributed by atoms with E-state index in [0.717, 1.165) is 23.2 Å². The highest BCUT2D eigenvalue weighted by Crippen LogP contribution is 2.26. The van der Waals surface area contributed by atoms with Gasteiger partial charge in [0, 0.05) is 24.4 Å². The van der Waals surface area contributed by atoms with E-state index in [1.807, 2.05) is 29.6 Å². The number of carbonyl (C=O) groups is 2. The molecule has 1 aromatic heterocycles. The highest BCUT2D eigenvalue weighted by molar-refractivity contribution is 7.14. The molecule has 3 aromatic rings. The summed E-state index contributed by atoms with van der Waals surface area (Å²) in [5, 5.41) is 8.38. The Hall–Kier alpha value is -2.70. The molecule has 7 heteroatoms. The van der Waals surface area contributed by atoms with Crippen molar-refractivity contribution in [2.75, 3.05) is 11.9 Å². The van der Waals surface area contributed by atoms with E-state index in [9.17, 15) is 9.59 Å². The van der Waals surface area contributed by atoms with E-state index in [2.05, 4.69) is 15.6 Å². The lowest BCUT2D eigenvalue weighted by molar-refractivity contribution is -0.118. The fourth-order valence-electron chi connectivity index (χ4n) is 2.50.